The Labute approximate surface area is 121 Å². The lowest BCUT2D eigenvalue weighted by molar-refractivity contribution is -0.384. The quantitative estimate of drug-likeness (QED) is 0.689. The van der Waals surface area contributed by atoms with Crippen LogP contribution in [0.2, 0.25) is 0 Å². The van der Waals surface area contributed by atoms with Crippen LogP contribution < -0.4 is 0 Å². The van der Waals surface area contributed by atoms with Crippen molar-refractivity contribution < 1.29 is 14.8 Å². The highest BCUT2D eigenvalue weighted by atomic mass is 16.6. The average molecular weight is 289 g/mol. The molecule has 2 aromatic rings. The maximum absolute atomic E-state index is 11.5. The molecular weight excluding hydrogens is 274 g/mol. The smallest absolute Gasteiger partial charge is 0.354 e. The van der Waals surface area contributed by atoms with E-state index in [1.165, 1.54) is 28.9 Å². The Morgan fingerprint density at radius 3 is 2.33 bits per heavy atom. The summed E-state index contributed by atoms with van der Waals surface area (Å²) in [6.07, 6.45) is 0. The summed E-state index contributed by atoms with van der Waals surface area (Å²) >= 11 is 0. The standard InChI is InChI=1S/C14H15N3O4/c1-8(2)12-9(3)13(14(18)19)16(15-12)10-4-6-11(7-5-10)17(20)21/h4-8H,1-3H3,(H,18,19). The fourth-order valence-corrected chi connectivity index (χ4v) is 2.21. The molecule has 0 radical (unpaired) electrons. The molecule has 110 valence electrons. The number of nitro benzene ring substituents is 1. The van der Waals surface area contributed by atoms with Gasteiger partial charge in [-0.05, 0) is 25.0 Å². The van der Waals surface area contributed by atoms with Gasteiger partial charge in [0.15, 0.2) is 5.69 Å². The van der Waals surface area contributed by atoms with Gasteiger partial charge in [-0.1, -0.05) is 13.8 Å². The van der Waals surface area contributed by atoms with Gasteiger partial charge in [0, 0.05) is 17.7 Å². The Balaban J connectivity index is 2.59. The first-order chi connectivity index (χ1) is 9.82. The van der Waals surface area contributed by atoms with Gasteiger partial charge in [0.2, 0.25) is 0 Å². The second-order valence-electron chi connectivity index (χ2n) is 5.00. The number of rotatable bonds is 4. The van der Waals surface area contributed by atoms with Crippen LogP contribution in [0.15, 0.2) is 24.3 Å². The number of aromatic nitrogens is 2. The zero-order valence-corrected chi connectivity index (χ0v) is 11.9. The van der Waals surface area contributed by atoms with Crippen LogP contribution in [0.1, 0.15) is 41.5 Å². The van der Waals surface area contributed by atoms with Gasteiger partial charge in [-0.3, -0.25) is 10.1 Å². The lowest BCUT2D eigenvalue weighted by Crippen LogP contribution is -2.09. The Kier molecular flexibility index (Phi) is 3.75. The Morgan fingerprint density at radius 1 is 1.33 bits per heavy atom. The van der Waals surface area contributed by atoms with E-state index in [1.807, 2.05) is 13.8 Å². The molecule has 0 aliphatic heterocycles. The van der Waals surface area contributed by atoms with E-state index in [9.17, 15) is 20.0 Å². The second kappa shape index (κ2) is 5.35. The molecule has 0 spiro atoms. The van der Waals surface area contributed by atoms with E-state index in [0.29, 0.717) is 16.9 Å². The van der Waals surface area contributed by atoms with Crippen LogP contribution in [0.25, 0.3) is 5.69 Å². The summed E-state index contributed by atoms with van der Waals surface area (Å²) < 4.78 is 1.32. The number of carboxylic acids is 1. The molecule has 0 saturated heterocycles. The lowest BCUT2D eigenvalue weighted by atomic mass is 10.1. The Morgan fingerprint density at radius 2 is 1.90 bits per heavy atom. The van der Waals surface area contributed by atoms with Gasteiger partial charge in [0.05, 0.1) is 16.3 Å². The van der Waals surface area contributed by atoms with E-state index in [4.69, 9.17) is 0 Å². The molecular formula is C14H15N3O4. The topological polar surface area (TPSA) is 98.3 Å². The van der Waals surface area contributed by atoms with Gasteiger partial charge < -0.3 is 5.11 Å². The van der Waals surface area contributed by atoms with Crippen LogP contribution in [-0.4, -0.2) is 25.8 Å². The molecule has 0 saturated carbocycles. The predicted octanol–water partition coefficient (Wildman–Crippen LogP) is 2.91. The van der Waals surface area contributed by atoms with Gasteiger partial charge in [-0.25, -0.2) is 9.48 Å². The molecule has 0 unspecified atom stereocenters. The van der Waals surface area contributed by atoms with Crippen molar-refractivity contribution in [1.82, 2.24) is 9.78 Å². The highest BCUT2D eigenvalue weighted by Crippen LogP contribution is 2.24. The van der Waals surface area contributed by atoms with Crippen molar-refractivity contribution in [3.05, 3.63) is 51.3 Å². The average Bonchev–Trinajstić information content (AvgIpc) is 2.76. The molecule has 1 aromatic heterocycles. The number of benzene rings is 1. The summed E-state index contributed by atoms with van der Waals surface area (Å²) in [6, 6.07) is 5.63. The molecule has 0 bridgehead atoms. The van der Waals surface area contributed by atoms with Crippen LogP contribution in [0.3, 0.4) is 0 Å². The van der Waals surface area contributed by atoms with Crippen LogP contribution in [0.5, 0.6) is 0 Å². The highest BCUT2D eigenvalue weighted by Gasteiger charge is 2.22. The molecule has 2 rings (SSSR count). The van der Waals surface area contributed by atoms with Crippen molar-refractivity contribution in [3.8, 4) is 5.69 Å². The summed E-state index contributed by atoms with van der Waals surface area (Å²) in [5.41, 5.74) is 1.81. The van der Waals surface area contributed by atoms with E-state index in [2.05, 4.69) is 5.10 Å². The van der Waals surface area contributed by atoms with Crippen LogP contribution in [-0.2, 0) is 0 Å². The van der Waals surface area contributed by atoms with E-state index >= 15 is 0 Å². The van der Waals surface area contributed by atoms with Crippen molar-refractivity contribution in [2.75, 3.05) is 0 Å². The maximum Gasteiger partial charge on any atom is 0.354 e. The molecule has 1 heterocycles. The zero-order valence-electron chi connectivity index (χ0n) is 11.9. The largest absolute Gasteiger partial charge is 0.477 e. The molecule has 0 aliphatic rings. The van der Waals surface area contributed by atoms with E-state index < -0.39 is 10.9 Å². The minimum Gasteiger partial charge on any atom is -0.477 e. The molecule has 7 nitrogen and oxygen atoms in total. The SMILES string of the molecule is Cc1c(C(C)C)nn(-c2ccc([N+](=O)[O-])cc2)c1C(=O)O. The number of nitro groups is 1. The van der Waals surface area contributed by atoms with Crippen LogP contribution in [0, 0.1) is 17.0 Å². The van der Waals surface area contributed by atoms with Gasteiger partial charge in [0.25, 0.3) is 5.69 Å². The number of aromatic carboxylic acids is 1. The Hall–Kier alpha value is -2.70. The first-order valence-corrected chi connectivity index (χ1v) is 6.40. The number of carboxylic acid groups (broad SMARTS) is 1. The number of hydrogen-bond acceptors (Lipinski definition) is 4. The summed E-state index contributed by atoms with van der Waals surface area (Å²) in [7, 11) is 0. The summed E-state index contributed by atoms with van der Waals surface area (Å²) in [6.45, 7) is 5.58. The third kappa shape index (κ3) is 2.62. The summed E-state index contributed by atoms with van der Waals surface area (Å²) in [4.78, 5) is 21.6. The van der Waals surface area contributed by atoms with Crippen molar-refractivity contribution in [2.24, 2.45) is 0 Å². The van der Waals surface area contributed by atoms with Crippen molar-refractivity contribution in [3.63, 3.8) is 0 Å². The zero-order chi connectivity index (χ0) is 15.7. The van der Waals surface area contributed by atoms with Crippen LogP contribution >= 0.6 is 0 Å². The second-order valence-corrected chi connectivity index (χ2v) is 5.00. The van der Waals surface area contributed by atoms with Crippen molar-refractivity contribution in [2.45, 2.75) is 26.7 Å². The number of non-ortho nitro benzene ring substituents is 1. The summed E-state index contributed by atoms with van der Waals surface area (Å²) in [5, 5.41) is 24.4. The van der Waals surface area contributed by atoms with E-state index in [0.717, 1.165) is 0 Å². The first-order valence-electron chi connectivity index (χ1n) is 6.40. The monoisotopic (exact) mass is 289 g/mol. The highest BCUT2D eigenvalue weighted by molar-refractivity contribution is 5.88. The van der Waals surface area contributed by atoms with Crippen molar-refractivity contribution >= 4 is 11.7 Å². The molecule has 0 aliphatic carbocycles. The predicted molar refractivity (Wildman–Crippen MR) is 76.0 cm³/mol. The number of nitrogens with zero attached hydrogens (tertiary/aromatic N) is 3. The summed E-state index contributed by atoms with van der Waals surface area (Å²) in [5.74, 6) is -0.993. The van der Waals surface area contributed by atoms with E-state index in [1.54, 1.807) is 6.92 Å². The fourth-order valence-electron chi connectivity index (χ4n) is 2.21. The lowest BCUT2D eigenvalue weighted by Gasteiger charge is -2.04. The van der Waals surface area contributed by atoms with E-state index in [-0.39, 0.29) is 17.3 Å². The van der Waals surface area contributed by atoms with Gasteiger partial charge in [-0.2, -0.15) is 5.10 Å². The fraction of sp³-hybridized carbons (Fsp3) is 0.286. The van der Waals surface area contributed by atoms with Gasteiger partial charge in [0.1, 0.15) is 0 Å². The molecule has 0 fully saturated rings. The van der Waals surface area contributed by atoms with Crippen LogP contribution in [0.4, 0.5) is 5.69 Å². The number of carbonyl (C=O) groups is 1. The Bertz CT molecular complexity index is 702. The van der Waals surface area contributed by atoms with Gasteiger partial charge in [-0.15, -0.1) is 0 Å². The molecule has 7 heteroatoms. The third-order valence-electron chi connectivity index (χ3n) is 3.21. The first kappa shape index (κ1) is 14.7. The molecule has 1 aromatic carbocycles. The maximum atomic E-state index is 11.5. The molecule has 1 N–H and O–H groups in total. The molecule has 0 atom stereocenters. The minimum atomic E-state index is -1.08. The molecule has 0 amide bonds. The normalized spacial score (nSPS) is 10.9. The van der Waals surface area contributed by atoms with Crippen molar-refractivity contribution in [1.29, 1.82) is 0 Å². The minimum absolute atomic E-state index is 0.0522. The molecule has 21 heavy (non-hydrogen) atoms. The third-order valence-corrected chi connectivity index (χ3v) is 3.21. The van der Waals surface area contributed by atoms with Gasteiger partial charge >= 0.3 is 5.97 Å². The number of hydrogen-bond donors (Lipinski definition) is 1.